The molecule has 0 fully saturated rings. The molecule has 0 aliphatic heterocycles. The van der Waals surface area contributed by atoms with Gasteiger partial charge in [-0.2, -0.15) is 0 Å². The summed E-state index contributed by atoms with van der Waals surface area (Å²) in [6.45, 7) is 2.00. The van der Waals surface area contributed by atoms with Crippen LogP contribution in [0, 0.1) is 0 Å². The van der Waals surface area contributed by atoms with Gasteiger partial charge in [-0.3, -0.25) is 9.59 Å². The highest BCUT2D eigenvalue weighted by atomic mass is 79.9. The Bertz CT molecular complexity index is 653. The third kappa shape index (κ3) is 4.12. The van der Waals surface area contributed by atoms with E-state index in [0.29, 0.717) is 18.7 Å². The molecule has 8 heteroatoms. The first-order valence-corrected chi connectivity index (χ1v) is 8.72. The summed E-state index contributed by atoms with van der Waals surface area (Å²) in [5.74, 6) is -1.35. The molecule has 2 heterocycles. The lowest BCUT2D eigenvalue weighted by Gasteiger charge is -2.18. The SMILES string of the molecule is CCCN(CC(=O)O)C(=O)c1csc(-c2ccc(Br)s2)n1. The fraction of sp³-hybridized carbons (Fsp3) is 0.308. The molecule has 2 aromatic rings. The number of nitrogens with zero attached hydrogens (tertiary/aromatic N) is 2. The second-order valence-electron chi connectivity index (χ2n) is 4.26. The molecule has 21 heavy (non-hydrogen) atoms. The number of aromatic nitrogens is 1. The number of carboxylic acid groups (broad SMARTS) is 1. The number of aliphatic carboxylic acids is 1. The van der Waals surface area contributed by atoms with Crippen molar-refractivity contribution >= 4 is 50.5 Å². The molecule has 0 aliphatic carbocycles. The minimum atomic E-state index is -1.02. The Labute approximate surface area is 138 Å². The molecule has 0 bridgehead atoms. The number of amides is 1. The van der Waals surface area contributed by atoms with Crippen molar-refractivity contribution in [2.45, 2.75) is 13.3 Å². The summed E-state index contributed by atoms with van der Waals surface area (Å²) >= 11 is 6.31. The van der Waals surface area contributed by atoms with Crippen LogP contribution in [0.15, 0.2) is 21.3 Å². The van der Waals surface area contributed by atoms with Crippen LogP contribution in [0.4, 0.5) is 0 Å². The zero-order chi connectivity index (χ0) is 15.4. The summed E-state index contributed by atoms with van der Waals surface area (Å²) in [4.78, 5) is 29.8. The van der Waals surface area contributed by atoms with Crippen molar-refractivity contribution in [3.05, 3.63) is 27.0 Å². The smallest absolute Gasteiger partial charge is 0.323 e. The Morgan fingerprint density at radius 3 is 2.76 bits per heavy atom. The van der Waals surface area contributed by atoms with E-state index in [4.69, 9.17) is 5.11 Å². The van der Waals surface area contributed by atoms with Crippen molar-refractivity contribution < 1.29 is 14.7 Å². The van der Waals surface area contributed by atoms with Gasteiger partial charge in [0.2, 0.25) is 0 Å². The molecule has 0 radical (unpaired) electrons. The molecule has 2 aromatic heterocycles. The minimum absolute atomic E-state index is 0.300. The number of halogens is 1. The normalized spacial score (nSPS) is 10.6. The molecule has 5 nitrogen and oxygen atoms in total. The van der Waals surface area contributed by atoms with Crippen molar-refractivity contribution in [2.24, 2.45) is 0 Å². The summed E-state index contributed by atoms with van der Waals surface area (Å²) in [5.41, 5.74) is 0.300. The fourth-order valence-electron chi connectivity index (χ4n) is 1.76. The lowest BCUT2D eigenvalue weighted by molar-refractivity contribution is -0.137. The van der Waals surface area contributed by atoms with Gasteiger partial charge in [-0.05, 0) is 34.5 Å². The number of thiazole rings is 1. The Balaban J connectivity index is 2.18. The zero-order valence-electron chi connectivity index (χ0n) is 11.2. The van der Waals surface area contributed by atoms with Crippen molar-refractivity contribution in [3.63, 3.8) is 0 Å². The van der Waals surface area contributed by atoms with E-state index in [-0.39, 0.29) is 12.5 Å². The van der Waals surface area contributed by atoms with Crippen molar-refractivity contribution in [3.8, 4) is 9.88 Å². The number of hydrogen-bond donors (Lipinski definition) is 1. The minimum Gasteiger partial charge on any atom is -0.480 e. The van der Waals surface area contributed by atoms with Gasteiger partial charge < -0.3 is 10.0 Å². The number of carbonyl (C=O) groups is 2. The highest BCUT2D eigenvalue weighted by Crippen LogP contribution is 2.33. The van der Waals surface area contributed by atoms with Gasteiger partial charge in [0.1, 0.15) is 17.2 Å². The number of hydrogen-bond acceptors (Lipinski definition) is 5. The summed E-state index contributed by atoms with van der Waals surface area (Å²) in [6.07, 6.45) is 0.702. The standard InChI is InChI=1S/C13H13BrN2O3S2/c1-2-5-16(6-11(17)18)13(19)8-7-20-12(15-8)9-3-4-10(14)21-9/h3-4,7H,2,5-6H2,1H3,(H,17,18). The third-order valence-electron chi connectivity index (χ3n) is 2.61. The summed E-state index contributed by atoms with van der Waals surface area (Å²) in [7, 11) is 0. The molecule has 0 unspecified atom stereocenters. The third-order valence-corrected chi connectivity index (χ3v) is 5.25. The van der Waals surface area contributed by atoms with Crippen molar-refractivity contribution in [2.75, 3.05) is 13.1 Å². The Morgan fingerprint density at radius 1 is 1.43 bits per heavy atom. The van der Waals surface area contributed by atoms with Gasteiger partial charge in [0, 0.05) is 11.9 Å². The van der Waals surface area contributed by atoms with E-state index in [2.05, 4.69) is 20.9 Å². The summed E-state index contributed by atoms with van der Waals surface area (Å²) in [5, 5.41) is 11.3. The molecule has 0 saturated carbocycles. The van der Waals surface area contributed by atoms with Crippen LogP contribution in [-0.2, 0) is 4.79 Å². The number of carbonyl (C=O) groups excluding carboxylic acids is 1. The molecule has 112 valence electrons. The van der Waals surface area contributed by atoms with Gasteiger partial charge in [0.15, 0.2) is 0 Å². The molecule has 0 aromatic carbocycles. The maximum absolute atomic E-state index is 12.3. The summed E-state index contributed by atoms with van der Waals surface area (Å²) < 4.78 is 0.999. The van der Waals surface area contributed by atoms with Crippen LogP contribution in [0.2, 0.25) is 0 Å². The largest absolute Gasteiger partial charge is 0.480 e. The van der Waals surface area contributed by atoms with Crippen LogP contribution in [0.1, 0.15) is 23.8 Å². The van der Waals surface area contributed by atoms with E-state index >= 15 is 0 Å². The molecular formula is C13H13BrN2O3S2. The van der Waals surface area contributed by atoms with E-state index in [1.54, 1.807) is 16.7 Å². The van der Waals surface area contributed by atoms with E-state index in [0.717, 1.165) is 13.7 Å². The van der Waals surface area contributed by atoms with Gasteiger partial charge in [-0.1, -0.05) is 6.92 Å². The zero-order valence-corrected chi connectivity index (χ0v) is 14.4. The maximum atomic E-state index is 12.3. The highest BCUT2D eigenvalue weighted by Gasteiger charge is 2.21. The monoisotopic (exact) mass is 388 g/mol. The van der Waals surface area contributed by atoms with Crippen molar-refractivity contribution in [1.82, 2.24) is 9.88 Å². The van der Waals surface area contributed by atoms with Gasteiger partial charge in [-0.25, -0.2) is 4.98 Å². The predicted octanol–water partition coefficient (Wildman–Crippen LogP) is 3.57. The van der Waals surface area contributed by atoms with E-state index < -0.39 is 5.97 Å². The first-order valence-electron chi connectivity index (χ1n) is 6.23. The van der Waals surface area contributed by atoms with Crippen LogP contribution in [0.5, 0.6) is 0 Å². The fourth-order valence-corrected chi connectivity index (χ4v) is 4.01. The number of thiophene rings is 1. The summed E-state index contributed by atoms with van der Waals surface area (Å²) in [6, 6.07) is 3.86. The predicted molar refractivity (Wildman–Crippen MR) is 87.0 cm³/mol. The van der Waals surface area contributed by atoms with E-state index in [1.807, 2.05) is 19.1 Å². The lowest BCUT2D eigenvalue weighted by atomic mass is 10.3. The molecule has 0 saturated heterocycles. The Hall–Kier alpha value is -1.25. The molecular weight excluding hydrogens is 376 g/mol. The molecule has 2 rings (SSSR count). The van der Waals surface area contributed by atoms with Crippen LogP contribution in [-0.4, -0.2) is 40.0 Å². The van der Waals surface area contributed by atoms with Gasteiger partial charge >= 0.3 is 5.97 Å². The number of rotatable bonds is 6. The van der Waals surface area contributed by atoms with Gasteiger partial charge in [-0.15, -0.1) is 22.7 Å². The van der Waals surface area contributed by atoms with Crippen LogP contribution >= 0.6 is 38.6 Å². The molecule has 0 atom stereocenters. The maximum Gasteiger partial charge on any atom is 0.323 e. The van der Waals surface area contributed by atoms with Gasteiger partial charge in [0.25, 0.3) is 5.91 Å². The Kier molecular flexibility index (Phi) is 5.49. The second-order valence-corrected chi connectivity index (χ2v) is 7.58. The Morgan fingerprint density at radius 2 is 2.19 bits per heavy atom. The van der Waals surface area contributed by atoms with E-state index in [9.17, 15) is 9.59 Å². The average Bonchev–Trinajstić information content (AvgIpc) is 3.05. The molecule has 0 aliphatic rings. The first-order chi connectivity index (χ1) is 10.0. The van der Waals surface area contributed by atoms with Crippen molar-refractivity contribution in [1.29, 1.82) is 0 Å². The van der Waals surface area contributed by atoms with Crippen LogP contribution in [0.3, 0.4) is 0 Å². The first kappa shape index (κ1) is 16.1. The average molecular weight is 389 g/mol. The number of carboxylic acids is 1. The molecule has 1 N–H and O–H groups in total. The highest BCUT2D eigenvalue weighted by molar-refractivity contribution is 9.11. The molecule has 1 amide bonds. The molecule has 0 spiro atoms. The van der Waals surface area contributed by atoms with Crippen LogP contribution in [0.25, 0.3) is 9.88 Å². The van der Waals surface area contributed by atoms with E-state index in [1.165, 1.54) is 16.2 Å². The quantitative estimate of drug-likeness (QED) is 0.820. The van der Waals surface area contributed by atoms with Gasteiger partial charge in [0.05, 0.1) is 8.66 Å². The second kappa shape index (κ2) is 7.15. The lowest BCUT2D eigenvalue weighted by Crippen LogP contribution is -2.36. The topological polar surface area (TPSA) is 70.5 Å². The van der Waals surface area contributed by atoms with Crippen LogP contribution < -0.4 is 0 Å².